The van der Waals surface area contributed by atoms with E-state index in [1.54, 1.807) is 51.1 Å². The van der Waals surface area contributed by atoms with E-state index in [2.05, 4.69) is 4.99 Å². The molecular weight excluding hydrogens is 712 g/mol. The maximum atomic E-state index is 13.7. The third-order valence-corrected chi connectivity index (χ3v) is 8.23. The van der Waals surface area contributed by atoms with Crippen molar-refractivity contribution >= 4 is 74.3 Å². The molecule has 3 aromatic rings. The van der Waals surface area contributed by atoms with Crippen molar-refractivity contribution in [2.75, 3.05) is 6.61 Å². The highest BCUT2D eigenvalue weighted by Crippen LogP contribution is 2.33. The predicted molar refractivity (Wildman–Crippen MR) is 152 cm³/mol. The van der Waals surface area contributed by atoms with E-state index in [0.29, 0.717) is 33.3 Å². The van der Waals surface area contributed by atoms with Gasteiger partial charge in [-0.25, -0.2) is 9.79 Å². The van der Waals surface area contributed by atoms with Gasteiger partial charge in [0.05, 0.1) is 40.5 Å². The van der Waals surface area contributed by atoms with Gasteiger partial charge >= 0.3 is 5.97 Å². The van der Waals surface area contributed by atoms with Gasteiger partial charge in [-0.05, 0) is 95.3 Å². The van der Waals surface area contributed by atoms with Gasteiger partial charge in [0.1, 0.15) is 5.75 Å². The summed E-state index contributed by atoms with van der Waals surface area (Å²) in [7, 11) is 0. The molecule has 0 saturated heterocycles. The molecule has 1 N–H and O–H groups in total. The normalized spacial score (nSPS) is 15.5. The largest absolute Gasteiger partial charge is 0.506 e. The molecule has 2 heterocycles. The molecule has 0 amide bonds. The molecule has 12 heteroatoms. The van der Waals surface area contributed by atoms with E-state index in [-0.39, 0.29) is 29.2 Å². The summed E-state index contributed by atoms with van der Waals surface area (Å²) in [5.41, 5.74) is 1.62. The zero-order valence-corrected chi connectivity index (χ0v) is 24.4. The number of phenolic OH excluding ortho intramolecular Hbond substituents is 1. The van der Waals surface area contributed by atoms with Gasteiger partial charge in [-0.1, -0.05) is 23.5 Å². The van der Waals surface area contributed by atoms with Gasteiger partial charge in [-0.3, -0.25) is 19.5 Å². The molecule has 0 radical (unpaired) electrons. The van der Waals surface area contributed by atoms with Gasteiger partial charge in [0.15, 0.2) is 4.80 Å². The van der Waals surface area contributed by atoms with E-state index in [1.165, 1.54) is 10.6 Å². The van der Waals surface area contributed by atoms with Crippen LogP contribution in [-0.2, 0) is 9.53 Å². The number of thiazole rings is 1. The van der Waals surface area contributed by atoms with Crippen molar-refractivity contribution in [2.45, 2.75) is 26.8 Å². The summed E-state index contributed by atoms with van der Waals surface area (Å²) in [5, 5.41) is 21.7. The van der Waals surface area contributed by atoms with Crippen molar-refractivity contribution < 1.29 is 19.6 Å². The molecule has 4 rings (SSSR count). The smallest absolute Gasteiger partial charge is 0.338 e. The molecular formula is C24H19I2N3O6S. The number of halogens is 2. The molecule has 0 fully saturated rings. The number of benzene rings is 2. The van der Waals surface area contributed by atoms with Gasteiger partial charge in [-0.2, -0.15) is 0 Å². The van der Waals surface area contributed by atoms with Crippen LogP contribution in [0.5, 0.6) is 5.75 Å². The summed E-state index contributed by atoms with van der Waals surface area (Å²) in [5.74, 6) is -0.464. The average Bonchev–Trinajstić information content (AvgIpc) is 3.11. The molecule has 1 aliphatic heterocycles. The first kappa shape index (κ1) is 26.5. The zero-order valence-electron chi connectivity index (χ0n) is 19.2. The highest BCUT2D eigenvalue weighted by Gasteiger charge is 2.34. The molecule has 0 spiro atoms. The van der Waals surface area contributed by atoms with E-state index in [9.17, 15) is 24.8 Å². The van der Waals surface area contributed by atoms with Crippen LogP contribution in [0.4, 0.5) is 5.69 Å². The van der Waals surface area contributed by atoms with Gasteiger partial charge < -0.3 is 9.84 Å². The summed E-state index contributed by atoms with van der Waals surface area (Å²) in [6.07, 6.45) is 1.70. The molecule has 9 nitrogen and oxygen atoms in total. The molecule has 36 heavy (non-hydrogen) atoms. The maximum absolute atomic E-state index is 13.7. The van der Waals surface area contributed by atoms with Gasteiger partial charge in [0.25, 0.3) is 11.2 Å². The molecule has 0 saturated carbocycles. The van der Waals surface area contributed by atoms with E-state index < -0.39 is 16.9 Å². The number of aromatic hydroxyl groups is 1. The van der Waals surface area contributed by atoms with Crippen molar-refractivity contribution in [1.82, 2.24) is 4.57 Å². The number of allylic oxidation sites excluding steroid dienone is 1. The van der Waals surface area contributed by atoms with Crippen LogP contribution < -0.4 is 14.9 Å². The Kier molecular flexibility index (Phi) is 7.66. The fourth-order valence-electron chi connectivity index (χ4n) is 3.92. The SMILES string of the molecule is CCOC(=O)C1=C(C)N=c2s/c(=C/c3cc(I)c(O)c(I)c3)c(=O)n2[C@H]1c1ccc(C)c([N+](=O)[O-])c1. The quantitative estimate of drug-likeness (QED) is 0.184. The molecule has 1 aliphatic rings. The number of esters is 1. The minimum absolute atomic E-state index is 0.110. The number of aromatic nitrogens is 1. The Balaban J connectivity index is 2.00. The predicted octanol–water partition coefficient (Wildman–Crippen LogP) is 3.93. The molecule has 0 bridgehead atoms. The molecule has 0 aliphatic carbocycles. The van der Waals surface area contributed by atoms with Crippen LogP contribution in [0.2, 0.25) is 0 Å². The fraction of sp³-hybridized carbons (Fsp3) is 0.208. The standard InChI is InChI=1S/C24H19I2N3O6S/c1-4-35-23(32)19-12(3)27-24-28(20(19)14-6-5-11(2)17(10-14)29(33)34)22(31)18(36-24)9-13-7-15(25)21(30)16(26)8-13/h5-10,20,30H,4H2,1-3H3/b18-9+/t20-/m0/s1. The first-order valence-electron chi connectivity index (χ1n) is 10.7. The summed E-state index contributed by atoms with van der Waals surface area (Å²) in [6, 6.07) is 7.23. The third kappa shape index (κ3) is 4.85. The van der Waals surface area contributed by atoms with E-state index >= 15 is 0 Å². The van der Waals surface area contributed by atoms with Crippen LogP contribution in [0.15, 0.2) is 51.4 Å². The second-order valence-corrected chi connectivity index (χ2v) is 11.3. The monoisotopic (exact) mass is 731 g/mol. The summed E-state index contributed by atoms with van der Waals surface area (Å²) in [6.45, 7) is 5.08. The number of nitrogens with zero attached hydrogens (tertiary/aromatic N) is 3. The number of carbonyl (C=O) groups is 1. The topological polar surface area (TPSA) is 124 Å². The maximum Gasteiger partial charge on any atom is 0.338 e. The van der Waals surface area contributed by atoms with Crippen molar-refractivity contribution in [3.8, 4) is 5.75 Å². The number of nitro groups is 1. The number of carbonyl (C=O) groups excluding carboxylic acids is 1. The lowest BCUT2D eigenvalue weighted by Gasteiger charge is -2.24. The summed E-state index contributed by atoms with van der Waals surface area (Å²) in [4.78, 5) is 42.7. The fourth-order valence-corrected chi connectivity index (χ4v) is 6.78. The van der Waals surface area contributed by atoms with Crippen LogP contribution in [0.25, 0.3) is 6.08 Å². The molecule has 186 valence electrons. The Morgan fingerprint density at radius 3 is 2.56 bits per heavy atom. The average molecular weight is 731 g/mol. The molecule has 0 unspecified atom stereocenters. The van der Waals surface area contributed by atoms with E-state index in [4.69, 9.17) is 4.74 Å². The molecule has 1 aromatic heterocycles. The Morgan fingerprint density at radius 1 is 1.28 bits per heavy atom. The number of hydrogen-bond donors (Lipinski definition) is 1. The number of rotatable bonds is 5. The van der Waals surface area contributed by atoms with E-state index in [1.807, 2.05) is 45.2 Å². The Bertz CT molecular complexity index is 1620. The van der Waals surface area contributed by atoms with Gasteiger partial charge in [-0.15, -0.1) is 0 Å². The second kappa shape index (κ2) is 10.4. The third-order valence-electron chi connectivity index (χ3n) is 5.60. The van der Waals surface area contributed by atoms with Crippen molar-refractivity contribution in [3.05, 3.63) is 95.2 Å². The molecule has 2 aromatic carbocycles. The highest BCUT2D eigenvalue weighted by molar-refractivity contribution is 14.1. The lowest BCUT2D eigenvalue weighted by Crippen LogP contribution is -2.40. The van der Waals surface area contributed by atoms with Crippen molar-refractivity contribution in [1.29, 1.82) is 0 Å². The van der Waals surface area contributed by atoms with Crippen molar-refractivity contribution in [2.24, 2.45) is 4.99 Å². The van der Waals surface area contributed by atoms with Crippen LogP contribution in [0.3, 0.4) is 0 Å². The highest BCUT2D eigenvalue weighted by atomic mass is 127. The number of aryl methyl sites for hydroxylation is 1. The first-order valence-corrected chi connectivity index (χ1v) is 13.6. The number of ether oxygens (including phenoxy) is 1. The number of phenols is 1. The molecule has 1 atom stereocenters. The van der Waals surface area contributed by atoms with E-state index in [0.717, 1.165) is 16.9 Å². The minimum atomic E-state index is -0.943. The lowest BCUT2D eigenvalue weighted by atomic mass is 9.94. The number of nitro benzene ring substituents is 1. The van der Waals surface area contributed by atoms with Crippen LogP contribution in [0.1, 0.15) is 36.6 Å². The number of fused-ring (bicyclic) bond motifs is 1. The van der Waals surface area contributed by atoms with Crippen molar-refractivity contribution in [3.63, 3.8) is 0 Å². The van der Waals surface area contributed by atoms with Crippen LogP contribution in [-0.4, -0.2) is 27.2 Å². The minimum Gasteiger partial charge on any atom is -0.506 e. The first-order chi connectivity index (χ1) is 17.0. The Morgan fingerprint density at radius 2 is 1.94 bits per heavy atom. The number of hydrogen-bond acceptors (Lipinski definition) is 8. The van der Waals surface area contributed by atoms with Gasteiger partial charge in [0, 0.05) is 11.6 Å². The lowest BCUT2D eigenvalue weighted by molar-refractivity contribution is -0.385. The zero-order chi connectivity index (χ0) is 26.3. The summed E-state index contributed by atoms with van der Waals surface area (Å²) >= 11 is 5.20. The van der Waals surface area contributed by atoms with Crippen LogP contribution in [0, 0.1) is 24.2 Å². The second-order valence-electron chi connectivity index (χ2n) is 7.94. The van der Waals surface area contributed by atoms with Gasteiger partial charge in [0.2, 0.25) is 0 Å². The Labute approximate surface area is 236 Å². The Hall–Kier alpha value is -2.59. The summed E-state index contributed by atoms with van der Waals surface area (Å²) < 4.78 is 8.31. The van der Waals surface area contributed by atoms with Crippen LogP contribution >= 0.6 is 56.5 Å².